The van der Waals surface area contributed by atoms with Gasteiger partial charge in [-0.1, -0.05) is 35.9 Å². The van der Waals surface area contributed by atoms with Crippen LogP contribution < -0.4 is 10.1 Å². The molecular weight excluding hydrogens is 290 g/mol. The van der Waals surface area contributed by atoms with Crippen molar-refractivity contribution in [1.82, 2.24) is 0 Å². The maximum atomic E-state index is 11.5. The number of ether oxygens (including phenoxy) is 1. The molecule has 2 N–H and O–H groups in total. The van der Waals surface area contributed by atoms with Crippen molar-refractivity contribution >= 4 is 23.3 Å². The third-order valence-electron chi connectivity index (χ3n) is 2.95. The molecule has 110 valence electrons. The zero-order chi connectivity index (χ0) is 15.2. The largest absolute Gasteiger partial charge is 0.494 e. The van der Waals surface area contributed by atoms with Crippen LogP contribution in [-0.2, 0) is 4.79 Å². The lowest BCUT2D eigenvalue weighted by Gasteiger charge is -2.17. The fourth-order valence-corrected chi connectivity index (χ4v) is 2.13. The topological polar surface area (TPSA) is 58.6 Å². The van der Waals surface area contributed by atoms with E-state index >= 15 is 0 Å². The average molecular weight is 306 g/mol. The van der Waals surface area contributed by atoms with E-state index in [1.54, 1.807) is 48.5 Å². The molecular formula is C16H16ClNO3. The van der Waals surface area contributed by atoms with Crippen molar-refractivity contribution in [2.24, 2.45) is 0 Å². The Morgan fingerprint density at radius 2 is 1.90 bits per heavy atom. The van der Waals surface area contributed by atoms with Crippen LogP contribution in [0.2, 0.25) is 5.02 Å². The Kier molecular flexibility index (Phi) is 5.06. The van der Waals surface area contributed by atoms with Gasteiger partial charge in [-0.15, -0.1) is 0 Å². The first kappa shape index (κ1) is 15.2. The maximum Gasteiger partial charge on any atom is 0.330 e. The molecule has 4 nitrogen and oxygen atoms in total. The number of carboxylic acids is 1. The van der Waals surface area contributed by atoms with E-state index in [1.807, 2.05) is 6.92 Å². The van der Waals surface area contributed by atoms with E-state index in [1.165, 1.54) is 0 Å². The summed E-state index contributed by atoms with van der Waals surface area (Å²) in [6.45, 7) is 2.46. The number of anilines is 1. The van der Waals surface area contributed by atoms with E-state index < -0.39 is 12.0 Å². The van der Waals surface area contributed by atoms with Crippen LogP contribution in [0.5, 0.6) is 5.75 Å². The van der Waals surface area contributed by atoms with Crippen LogP contribution in [0.25, 0.3) is 0 Å². The lowest BCUT2D eigenvalue weighted by Crippen LogP contribution is -2.20. The van der Waals surface area contributed by atoms with Gasteiger partial charge >= 0.3 is 5.97 Å². The number of carboxylic acid groups (broad SMARTS) is 1. The Morgan fingerprint density at radius 3 is 2.48 bits per heavy atom. The van der Waals surface area contributed by atoms with Gasteiger partial charge in [0.05, 0.1) is 17.3 Å². The normalized spacial score (nSPS) is 11.7. The van der Waals surface area contributed by atoms with Crippen LogP contribution in [0.3, 0.4) is 0 Å². The molecule has 0 fully saturated rings. The third kappa shape index (κ3) is 3.89. The molecule has 2 rings (SSSR count). The van der Waals surface area contributed by atoms with Gasteiger partial charge in [0.1, 0.15) is 5.75 Å². The summed E-state index contributed by atoms with van der Waals surface area (Å²) in [5.74, 6) is -0.262. The van der Waals surface area contributed by atoms with Crippen LogP contribution in [0.1, 0.15) is 18.5 Å². The summed E-state index contributed by atoms with van der Waals surface area (Å²) in [5.41, 5.74) is 1.21. The summed E-state index contributed by atoms with van der Waals surface area (Å²) < 4.78 is 5.35. The lowest BCUT2D eigenvalue weighted by molar-refractivity contribution is -0.138. The molecule has 0 radical (unpaired) electrons. The second-order valence-electron chi connectivity index (χ2n) is 4.40. The monoisotopic (exact) mass is 305 g/mol. The number of benzene rings is 2. The fraction of sp³-hybridized carbons (Fsp3) is 0.188. The SMILES string of the molecule is CCOc1ccc(C(Nc2ccccc2Cl)C(=O)O)cc1. The van der Waals surface area contributed by atoms with Gasteiger partial charge in [0, 0.05) is 0 Å². The second kappa shape index (κ2) is 6.99. The van der Waals surface area contributed by atoms with E-state index in [4.69, 9.17) is 16.3 Å². The first-order valence-corrected chi connectivity index (χ1v) is 6.96. The highest BCUT2D eigenvalue weighted by molar-refractivity contribution is 6.33. The Labute approximate surface area is 128 Å². The maximum absolute atomic E-state index is 11.5. The lowest BCUT2D eigenvalue weighted by atomic mass is 10.1. The van der Waals surface area contributed by atoms with Gasteiger partial charge in [-0.2, -0.15) is 0 Å². The highest BCUT2D eigenvalue weighted by atomic mass is 35.5. The summed E-state index contributed by atoms with van der Waals surface area (Å²) >= 11 is 6.05. The van der Waals surface area contributed by atoms with Crippen LogP contribution in [0.15, 0.2) is 48.5 Å². The number of para-hydroxylation sites is 1. The molecule has 21 heavy (non-hydrogen) atoms. The molecule has 0 aliphatic heterocycles. The van der Waals surface area contributed by atoms with Crippen molar-refractivity contribution in [3.63, 3.8) is 0 Å². The van der Waals surface area contributed by atoms with Gasteiger partial charge in [-0.25, -0.2) is 4.79 Å². The van der Waals surface area contributed by atoms with Crippen LogP contribution >= 0.6 is 11.6 Å². The number of rotatable bonds is 6. The molecule has 2 aromatic carbocycles. The van der Waals surface area contributed by atoms with E-state index in [-0.39, 0.29) is 0 Å². The van der Waals surface area contributed by atoms with Crippen molar-refractivity contribution in [1.29, 1.82) is 0 Å². The third-order valence-corrected chi connectivity index (χ3v) is 3.27. The van der Waals surface area contributed by atoms with Crippen LogP contribution in [0, 0.1) is 0 Å². The summed E-state index contributed by atoms with van der Waals surface area (Å²) in [5, 5.41) is 12.8. The predicted molar refractivity (Wildman–Crippen MR) is 83.1 cm³/mol. The number of hydrogen-bond donors (Lipinski definition) is 2. The van der Waals surface area contributed by atoms with Crippen molar-refractivity contribution in [3.8, 4) is 5.75 Å². The summed E-state index contributed by atoms with van der Waals surface area (Å²) in [6, 6.07) is 13.1. The van der Waals surface area contributed by atoms with Crippen LogP contribution in [0.4, 0.5) is 5.69 Å². The summed E-state index contributed by atoms with van der Waals surface area (Å²) in [4.78, 5) is 11.5. The minimum absolute atomic E-state index is 0.481. The Bertz CT molecular complexity index is 613. The molecule has 1 atom stereocenters. The molecule has 0 aliphatic rings. The quantitative estimate of drug-likeness (QED) is 0.847. The molecule has 0 saturated carbocycles. The highest BCUT2D eigenvalue weighted by Crippen LogP contribution is 2.27. The predicted octanol–water partition coefficient (Wildman–Crippen LogP) is 3.98. The summed E-state index contributed by atoms with van der Waals surface area (Å²) in [7, 11) is 0. The van der Waals surface area contributed by atoms with Gasteiger partial charge < -0.3 is 15.2 Å². The number of nitrogens with one attached hydrogen (secondary N) is 1. The molecule has 0 spiro atoms. The van der Waals surface area contributed by atoms with Gasteiger partial charge in [-0.05, 0) is 36.8 Å². The second-order valence-corrected chi connectivity index (χ2v) is 4.80. The number of carbonyl (C=O) groups is 1. The minimum atomic E-state index is -0.973. The van der Waals surface area contributed by atoms with E-state index in [0.29, 0.717) is 28.6 Å². The highest BCUT2D eigenvalue weighted by Gasteiger charge is 2.20. The van der Waals surface area contributed by atoms with Crippen LogP contribution in [-0.4, -0.2) is 17.7 Å². The van der Waals surface area contributed by atoms with Gasteiger partial charge in [0.15, 0.2) is 6.04 Å². The Morgan fingerprint density at radius 1 is 1.24 bits per heavy atom. The van der Waals surface area contributed by atoms with Gasteiger partial charge in [0.2, 0.25) is 0 Å². The molecule has 0 saturated heterocycles. The molecule has 0 heterocycles. The molecule has 2 aromatic rings. The number of halogens is 1. The number of aliphatic carboxylic acids is 1. The Balaban J connectivity index is 2.23. The zero-order valence-electron chi connectivity index (χ0n) is 11.5. The molecule has 0 bridgehead atoms. The average Bonchev–Trinajstić information content (AvgIpc) is 2.47. The first-order valence-electron chi connectivity index (χ1n) is 6.58. The molecule has 0 amide bonds. The van der Waals surface area contributed by atoms with Crippen molar-refractivity contribution < 1.29 is 14.6 Å². The number of hydrogen-bond acceptors (Lipinski definition) is 3. The van der Waals surface area contributed by atoms with Gasteiger partial charge in [-0.3, -0.25) is 0 Å². The molecule has 5 heteroatoms. The van der Waals surface area contributed by atoms with Crippen molar-refractivity contribution in [2.75, 3.05) is 11.9 Å². The first-order chi connectivity index (χ1) is 10.1. The van der Waals surface area contributed by atoms with E-state index in [9.17, 15) is 9.90 Å². The minimum Gasteiger partial charge on any atom is -0.494 e. The zero-order valence-corrected chi connectivity index (χ0v) is 12.3. The molecule has 0 aliphatic carbocycles. The fourth-order valence-electron chi connectivity index (χ4n) is 1.94. The van der Waals surface area contributed by atoms with Gasteiger partial charge in [0.25, 0.3) is 0 Å². The van der Waals surface area contributed by atoms with E-state index in [0.717, 1.165) is 0 Å². The van der Waals surface area contributed by atoms with Crippen molar-refractivity contribution in [2.45, 2.75) is 13.0 Å². The Hall–Kier alpha value is -2.20. The summed E-state index contributed by atoms with van der Waals surface area (Å²) in [6.07, 6.45) is 0. The molecule has 0 aromatic heterocycles. The standard InChI is InChI=1S/C16H16ClNO3/c1-2-21-12-9-7-11(8-10-12)15(16(19)20)18-14-6-4-3-5-13(14)17/h3-10,15,18H,2H2,1H3,(H,19,20). The van der Waals surface area contributed by atoms with Crippen molar-refractivity contribution in [3.05, 3.63) is 59.1 Å². The smallest absolute Gasteiger partial charge is 0.330 e. The molecule has 1 unspecified atom stereocenters. The van der Waals surface area contributed by atoms with E-state index in [2.05, 4.69) is 5.32 Å².